The van der Waals surface area contributed by atoms with Gasteiger partial charge in [0.05, 0.1) is 6.04 Å². The van der Waals surface area contributed by atoms with Crippen molar-refractivity contribution in [3.05, 3.63) is 34.3 Å². The van der Waals surface area contributed by atoms with Gasteiger partial charge in [0, 0.05) is 11.0 Å². The number of halogens is 1. The van der Waals surface area contributed by atoms with Gasteiger partial charge in [-0.2, -0.15) is 0 Å². The zero-order chi connectivity index (χ0) is 15.0. The fourth-order valence-electron chi connectivity index (χ4n) is 3.24. The molecular weight excluding hydrogens is 332 g/mol. The van der Waals surface area contributed by atoms with Gasteiger partial charge in [-0.15, -0.1) is 0 Å². The summed E-state index contributed by atoms with van der Waals surface area (Å²) in [6.07, 6.45) is 2.84. The maximum Gasteiger partial charge on any atom is 0.246 e. The molecule has 0 spiro atoms. The normalized spacial score (nSPS) is 24.0. The lowest BCUT2D eigenvalue weighted by atomic mass is 9.96. The summed E-state index contributed by atoms with van der Waals surface area (Å²) in [5, 5.41) is 0. The summed E-state index contributed by atoms with van der Waals surface area (Å²) >= 11 is 3.42. The summed E-state index contributed by atoms with van der Waals surface area (Å²) in [5.41, 5.74) is 1.06. The molecule has 4 nitrogen and oxygen atoms in total. The van der Waals surface area contributed by atoms with Gasteiger partial charge in [0.15, 0.2) is 0 Å². The van der Waals surface area contributed by atoms with Gasteiger partial charge in [0.25, 0.3) is 0 Å². The quantitative estimate of drug-likeness (QED) is 0.822. The summed E-state index contributed by atoms with van der Waals surface area (Å²) in [4.78, 5) is 28.5. The van der Waals surface area contributed by atoms with Crippen molar-refractivity contribution in [2.24, 2.45) is 0 Å². The van der Waals surface area contributed by atoms with E-state index in [-0.39, 0.29) is 30.4 Å². The van der Waals surface area contributed by atoms with E-state index in [1.807, 2.05) is 31.2 Å². The van der Waals surface area contributed by atoms with E-state index in [2.05, 4.69) is 15.9 Å². The molecule has 2 aliphatic rings. The Morgan fingerprint density at radius 2 is 1.90 bits per heavy atom. The van der Waals surface area contributed by atoms with Crippen molar-refractivity contribution in [2.45, 2.75) is 38.3 Å². The number of carbonyl (C=O) groups is 2. The third-order valence-corrected chi connectivity index (χ3v) is 5.05. The Labute approximate surface area is 133 Å². The molecule has 2 amide bonds. The minimum Gasteiger partial charge on any atom is -0.329 e. The highest BCUT2D eigenvalue weighted by molar-refractivity contribution is 9.10. The van der Waals surface area contributed by atoms with Crippen LogP contribution in [0.15, 0.2) is 28.7 Å². The molecule has 2 saturated heterocycles. The number of benzene rings is 1. The number of hydrogen-bond donors (Lipinski definition) is 0. The second kappa shape index (κ2) is 5.79. The van der Waals surface area contributed by atoms with Crippen LogP contribution >= 0.6 is 15.9 Å². The first-order valence-corrected chi connectivity index (χ1v) is 8.22. The van der Waals surface area contributed by atoms with Gasteiger partial charge in [0.1, 0.15) is 12.6 Å². The van der Waals surface area contributed by atoms with Crippen LogP contribution in [0.1, 0.15) is 37.8 Å². The lowest BCUT2D eigenvalue weighted by molar-refractivity contribution is -0.159. The maximum absolute atomic E-state index is 12.7. The Morgan fingerprint density at radius 1 is 1.19 bits per heavy atom. The highest BCUT2D eigenvalue weighted by Crippen LogP contribution is 2.29. The summed E-state index contributed by atoms with van der Waals surface area (Å²) in [6, 6.07) is 7.63. The van der Waals surface area contributed by atoms with E-state index in [4.69, 9.17) is 0 Å². The second-order valence-electron chi connectivity index (χ2n) is 5.79. The van der Waals surface area contributed by atoms with Crippen LogP contribution in [0.5, 0.6) is 0 Å². The number of piperidine rings is 1. The van der Waals surface area contributed by atoms with Crippen LogP contribution in [0.2, 0.25) is 0 Å². The van der Waals surface area contributed by atoms with Crippen molar-refractivity contribution in [1.29, 1.82) is 0 Å². The van der Waals surface area contributed by atoms with E-state index >= 15 is 0 Å². The fourth-order valence-corrected chi connectivity index (χ4v) is 3.51. The minimum atomic E-state index is -0.238. The number of piperazine rings is 1. The van der Waals surface area contributed by atoms with Gasteiger partial charge in [-0.25, -0.2) is 0 Å². The molecule has 2 atom stereocenters. The van der Waals surface area contributed by atoms with E-state index in [1.54, 1.807) is 9.80 Å². The van der Waals surface area contributed by atoms with Crippen molar-refractivity contribution in [3.8, 4) is 0 Å². The maximum atomic E-state index is 12.7. The molecule has 0 aliphatic carbocycles. The zero-order valence-electron chi connectivity index (χ0n) is 12.1. The Balaban J connectivity index is 1.83. The van der Waals surface area contributed by atoms with Crippen LogP contribution in [0.4, 0.5) is 0 Å². The molecular formula is C16H19BrN2O2. The highest BCUT2D eigenvalue weighted by Gasteiger charge is 2.42. The predicted octanol–water partition coefficient (Wildman–Crippen LogP) is 2.73. The first-order valence-electron chi connectivity index (χ1n) is 7.43. The number of rotatable bonds is 2. The van der Waals surface area contributed by atoms with E-state index in [0.717, 1.165) is 35.8 Å². The summed E-state index contributed by atoms with van der Waals surface area (Å²) < 4.78 is 1.01. The Kier molecular flexibility index (Phi) is 4.02. The molecule has 0 saturated carbocycles. The standard InChI is InChI=1S/C16H19BrN2O2/c1-11(12-5-7-13(17)8-6-12)19-10-15(20)18-9-3-2-4-14(18)16(19)21/h5-8,11,14H,2-4,9-10H2,1H3. The largest absolute Gasteiger partial charge is 0.329 e. The summed E-state index contributed by atoms with van der Waals surface area (Å²) in [7, 11) is 0. The van der Waals surface area contributed by atoms with Gasteiger partial charge in [-0.05, 0) is 43.9 Å². The van der Waals surface area contributed by atoms with Gasteiger partial charge < -0.3 is 9.80 Å². The highest BCUT2D eigenvalue weighted by atomic mass is 79.9. The molecule has 0 radical (unpaired) electrons. The first kappa shape index (κ1) is 14.6. The van der Waals surface area contributed by atoms with E-state index < -0.39 is 0 Å². The Bertz CT molecular complexity index is 558. The van der Waals surface area contributed by atoms with Crippen molar-refractivity contribution in [2.75, 3.05) is 13.1 Å². The van der Waals surface area contributed by atoms with E-state index in [9.17, 15) is 9.59 Å². The lowest BCUT2D eigenvalue weighted by Gasteiger charge is -2.44. The lowest BCUT2D eigenvalue weighted by Crippen LogP contribution is -2.61. The van der Waals surface area contributed by atoms with Crippen LogP contribution < -0.4 is 0 Å². The zero-order valence-corrected chi connectivity index (χ0v) is 13.7. The summed E-state index contributed by atoms with van der Waals surface area (Å²) in [5.74, 6) is 0.188. The average Bonchev–Trinajstić information content (AvgIpc) is 2.51. The third kappa shape index (κ3) is 2.71. The minimum absolute atomic E-state index is 0.0707. The smallest absolute Gasteiger partial charge is 0.246 e. The molecule has 5 heteroatoms. The molecule has 2 unspecified atom stereocenters. The monoisotopic (exact) mass is 350 g/mol. The van der Waals surface area contributed by atoms with Crippen LogP contribution in [0.25, 0.3) is 0 Å². The fraction of sp³-hybridized carbons (Fsp3) is 0.500. The molecule has 2 aliphatic heterocycles. The first-order chi connectivity index (χ1) is 10.1. The molecule has 0 bridgehead atoms. The molecule has 2 fully saturated rings. The number of carbonyl (C=O) groups excluding carboxylic acids is 2. The topological polar surface area (TPSA) is 40.6 Å². The van der Waals surface area contributed by atoms with Gasteiger partial charge in [0.2, 0.25) is 11.8 Å². The van der Waals surface area contributed by atoms with Crippen LogP contribution in [0.3, 0.4) is 0 Å². The van der Waals surface area contributed by atoms with Crippen molar-refractivity contribution in [3.63, 3.8) is 0 Å². The van der Waals surface area contributed by atoms with E-state index in [0.29, 0.717) is 0 Å². The molecule has 21 heavy (non-hydrogen) atoms. The second-order valence-corrected chi connectivity index (χ2v) is 6.71. The van der Waals surface area contributed by atoms with Crippen molar-refractivity contribution < 1.29 is 9.59 Å². The van der Waals surface area contributed by atoms with E-state index in [1.165, 1.54) is 0 Å². The van der Waals surface area contributed by atoms with Gasteiger partial charge in [-0.3, -0.25) is 9.59 Å². The van der Waals surface area contributed by atoms with Crippen LogP contribution in [-0.4, -0.2) is 40.7 Å². The number of hydrogen-bond acceptors (Lipinski definition) is 2. The van der Waals surface area contributed by atoms with Gasteiger partial charge in [-0.1, -0.05) is 28.1 Å². The number of nitrogens with zero attached hydrogens (tertiary/aromatic N) is 2. The van der Waals surface area contributed by atoms with Crippen molar-refractivity contribution in [1.82, 2.24) is 9.80 Å². The predicted molar refractivity (Wildman–Crippen MR) is 83.6 cm³/mol. The number of fused-ring (bicyclic) bond motifs is 1. The summed E-state index contributed by atoms with van der Waals surface area (Å²) in [6.45, 7) is 2.93. The Hall–Kier alpha value is -1.36. The molecule has 1 aromatic rings. The third-order valence-electron chi connectivity index (χ3n) is 4.52. The van der Waals surface area contributed by atoms with Gasteiger partial charge >= 0.3 is 0 Å². The van der Waals surface area contributed by atoms with Crippen LogP contribution in [0, 0.1) is 0 Å². The molecule has 1 aromatic carbocycles. The molecule has 0 aromatic heterocycles. The van der Waals surface area contributed by atoms with Crippen molar-refractivity contribution >= 4 is 27.7 Å². The average molecular weight is 351 g/mol. The van der Waals surface area contributed by atoms with Crippen LogP contribution in [-0.2, 0) is 9.59 Å². The molecule has 3 rings (SSSR count). The Morgan fingerprint density at radius 3 is 2.62 bits per heavy atom. The SMILES string of the molecule is CC(c1ccc(Br)cc1)N1CC(=O)N2CCCCC2C1=O. The molecule has 2 heterocycles. The molecule has 112 valence electrons. The number of amides is 2. The molecule has 0 N–H and O–H groups in total.